The molecule has 9 heteroatoms. The number of thioether (sulfide) groups is 1. The van der Waals surface area contributed by atoms with Crippen LogP contribution < -0.4 is 4.74 Å². The summed E-state index contributed by atoms with van der Waals surface area (Å²) in [6.45, 7) is 0.335. The van der Waals surface area contributed by atoms with Gasteiger partial charge in [-0.3, -0.25) is 4.57 Å². The number of benzene rings is 1. The summed E-state index contributed by atoms with van der Waals surface area (Å²) in [5, 5.41) is 0.920. The Morgan fingerprint density at radius 3 is 2.67 bits per heavy atom. The number of carbonyl (C=O) groups excluding carboxylic acids is 2. The Morgan fingerprint density at radius 2 is 1.97 bits per heavy atom. The van der Waals surface area contributed by atoms with Crippen molar-refractivity contribution in [3.05, 3.63) is 30.0 Å². The van der Waals surface area contributed by atoms with Crippen LogP contribution >= 0.6 is 11.8 Å². The number of likely N-dealkylation sites (N-methyl/N-ethyl adjacent to an activating group) is 1. The first-order valence-corrected chi connectivity index (χ1v) is 11.0. The van der Waals surface area contributed by atoms with Crippen molar-refractivity contribution in [1.29, 1.82) is 0 Å². The van der Waals surface area contributed by atoms with Crippen molar-refractivity contribution in [1.82, 2.24) is 9.47 Å². The van der Waals surface area contributed by atoms with Gasteiger partial charge < -0.3 is 23.8 Å². The van der Waals surface area contributed by atoms with Crippen LogP contribution in [-0.2, 0) is 20.6 Å². The van der Waals surface area contributed by atoms with Crippen LogP contribution in [0.1, 0.15) is 18.4 Å². The molecule has 0 saturated carbocycles. The van der Waals surface area contributed by atoms with Crippen molar-refractivity contribution in [3.8, 4) is 5.75 Å². The van der Waals surface area contributed by atoms with Crippen LogP contribution in [0.15, 0.2) is 24.4 Å². The monoisotopic (exact) mass is 436 g/mol. The Morgan fingerprint density at radius 1 is 1.20 bits per heavy atom. The van der Waals surface area contributed by atoms with Crippen LogP contribution in [0.3, 0.4) is 0 Å². The van der Waals surface area contributed by atoms with Crippen LogP contribution in [0.25, 0.3) is 10.9 Å². The molecule has 1 aromatic carbocycles. The molecule has 1 aliphatic rings. The predicted octanol–water partition coefficient (Wildman–Crippen LogP) is 3.75. The molecule has 0 atom stereocenters. The van der Waals surface area contributed by atoms with E-state index in [0.717, 1.165) is 48.3 Å². The van der Waals surface area contributed by atoms with Crippen LogP contribution in [-0.4, -0.2) is 73.9 Å². The van der Waals surface area contributed by atoms with Crippen molar-refractivity contribution >= 4 is 34.9 Å². The molecule has 2 heterocycles. The van der Waals surface area contributed by atoms with E-state index in [-0.39, 0.29) is 6.10 Å². The first kappa shape index (κ1) is 22.3. The molecule has 30 heavy (non-hydrogen) atoms. The molecule has 0 bridgehead atoms. The highest BCUT2D eigenvalue weighted by molar-refractivity contribution is 7.99. The minimum atomic E-state index is -0.812. The molecule has 1 fully saturated rings. The molecular formula is C21H28N2O6S. The molecule has 1 saturated heterocycles. The van der Waals surface area contributed by atoms with Gasteiger partial charge >= 0.3 is 12.2 Å². The zero-order chi connectivity index (χ0) is 21.5. The highest BCUT2D eigenvalue weighted by Crippen LogP contribution is 2.27. The fraction of sp³-hybridized carbons (Fsp3) is 0.524. The van der Waals surface area contributed by atoms with Gasteiger partial charge in [0.1, 0.15) is 11.9 Å². The van der Waals surface area contributed by atoms with Crippen molar-refractivity contribution < 1.29 is 28.5 Å². The van der Waals surface area contributed by atoms with Crippen LogP contribution in [0.4, 0.5) is 9.59 Å². The zero-order valence-electron chi connectivity index (χ0n) is 17.6. The molecular weight excluding hydrogens is 408 g/mol. The van der Waals surface area contributed by atoms with E-state index in [1.54, 1.807) is 19.4 Å². The van der Waals surface area contributed by atoms with E-state index in [9.17, 15) is 9.59 Å². The number of nitrogens with zero attached hydrogens (tertiary/aromatic N) is 2. The van der Waals surface area contributed by atoms with E-state index >= 15 is 0 Å². The maximum absolute atomic E-state index is 12.6. The fourth-order valence-electron chi connectivity index (χ4n) is 3.26. The Labute approximate surface area is 180 Å². The molecule has 0 aliphatic carbocycles. The smallest absolute Gasteiger partial charge is 0.497 e. The van der Waals surface area contributed by atoms with E-state index < -0.39 is 19.0 Å². The number of carbonyl (C=O) groups is 2. The first-order valence-electron chi connectivity index (χ1n) is 9.89. The third-order valence-corrected chi connectivity index (χ3v) is 5.96. The van der Waals surface area contributed by atoms with Gasteiger partial charge in [0.05, 0.1) is 12.6 Å². The van der Waals surface area contributed by atoms with Gasteiger partial charge in [0.25, 0.3) is 0 Å². The van der Waals surface area contributed by atoms with Gasteiger partial charge in [-0.2, -0.15) is 11.8 Å². The largest absolute Gasteiger partial charge is 0.511 e. The van der Waals surface area contributed by atoms with E-state index in [0.29, 0.717) is 11.3 Å². The summed E-state index contributed by atoms with van der Waals surface area (Å²) in [6.07, 6.45) is 2.59. The topological polar surface area (TPSA) is 79.2 Å². The quantitative estimate of drug-likeness (QED) is 0.480. The molecule has 0 spiro atoms. The summed E-state index contributed by atoms with van der Waals surface area (Å²) >= 11 is 1.84. The van der Waals surface area contributed by atoms with Crippen LogP contribution in [0.5, 0.6) is 5.75 Å². The molecule has 3 rings (SSSR count). The highest BCUT2D eigenvalue weighted by atomic mass is 32.2. The third kappa shape index (κ3) is 5.82. The second kappa shape index (κ2) is 10.6. The number of methoxy groups -OCH3 is 1. The number of fused-ring (bicyclic) bond motifs is 1. The Bertz CT molecular complexity index is 876. The molecule has 8 nitrogen and oxygen atoms in total. The lowest BCUT2D eigenvalue weighted by Gasteiger charge is -2.20. The first-order chi connectivity index (χ1) is 14.5. The van der Waals surface area contributed by atoms with Gasteiger partial charge in [0.15, 0.2) is 0 Å². The van der Waals surface area contributed by atoms with Gasteiger partial charge in [-0.05, 0) is 68.6 Å². The van der Waals surface area contributed by atoms with Gasteiger partial charge in [-0.15, -0.1) is 0 Å². The number of hydrogen-bond donors (Lipinski definition) is 0. The third-order valence-electron chi connectivity index (χ3n) is 4.91. The lowest BCUT2D eigenvalue weighted by atomic mass is 10.1. The van der Waals surface area contributed by atoms with Crippen LogP contribution in [0, 0.1) is 0 Å². The van der Waals surface area contributed by atoms with Crippen molar-refractivity contribution in [3.63, 3.8) is 0 Å². The predicted molar refractivity (Wildman–Crippen MR) is 115 cm³/mol. The Hall–Kier alpha value is -2.39. The normalized spacial score (nSPS) is 14.7. The van der Waals surface area contributed by atoms with Crippen molar-refractivity contribution in [2.75, 3.05) is 46.0 Å². The van der Waals surface area contributed by atoms with Crippen molar-refractivity contribution in [2.45, 2.75) is 25.4 Å². The number of aromatic nitrogens is 1. The Balaban J connectivity index is 1.63. The maximum Gasteiger partial charge on any atom is 0.511 e. The second-order valence-electron chi connectivity index (χ2n) is 7.31. The molecule has 0 unspecified atom stereocenters. The summed E-state index contributed by atoms with van der Waals surface area (Å²) in [5.41, 5.74) is 1.71. The minimum Gasteiger partial charge on any atom is -0.497 e. The molecule has 2 aromatic rings. The highest BCUT2D eigenvalue weighted by Gasteiger charge is 2.20. The summed E-state index contributed by atoms with van der Waals surface area (Å²) < 4.78 is 22.0. The van der Waals surface area contributed by atoms with Crippen molar-refractivity contribution in [2.24, 2.45) is 0 Å². The average molecular weight is 437 g/mol. The minimum absolute atomic E-state index is 0.128. The van der Waals surface area contributed by atoms with E-state index in [1.165, 1.54) is 4.57 Å². The van der Waals surface area contributed by atoms with Crippen LogP contribution in [0.2, 0.25) is 0 Å². The zero-order valence-corrected chi connectivity index (χ0v) is 18.4. The standard InChI is InChI=1S/C21H28N2O6S/c1-22(2)9-6-15-13-23(19-5-4-17(26-3)12-18(15)19)20(24)27-14-28-21(25)29-16-7-10-30-11-8-16/h4-5,12-13,16H,6-11,14H2,1-3H3. The fourth-order valence-corrected chi connectivity index (χ4v) is 4.32. The molecule has 0 amide bonds. The summed E-state index contributed by atoms with van der Waals surface area (Å²) in [7, 11) is 5.60. The Kier molecular flexibility index (Phi) is 7.87. The SMILES string of the molecule is COc1ccc2c(c1)c(CCN(C)C)cn2C(=O)OCOC(=O)OC1CCSCC1. The molecule has 1 aromatic heterocycles. The molecule has 0 radical (unpaired) electrons. The van der Waals surface area contributed by atoms with Gasteiger partial charge in [0, 0.05) is 18.1 Å². The number of hydrogen-bond acceptors (Lipinski definition) is 8. The molecule has 1 aliphatic heterocycles. The lowest BCUT2D eigenvalue weighted by molar-refractivity contribution is -0.0304. The molecule has 164 valence electrons. The average Bonchev–Trinajstić information content (AvgIpc) is 3.10. The summed E-state index contributed by atoms with van der Waals surface area (Å²) in [6, 6.07) is 5.50. The second-order valence-corrected chi connectivity index (χ2v) is 8.54. The number of ether oxygens (including phenoxy) is 4. The summed E-state index contributed by atoms with van der Waals surface area (Å²) in [4.78, 5) is 26.5. The van der Waals surface area contributed by atoms with E-state index in [4.69, 9.17) is 18.9 Å². The van der Waals surface area contributed by atoms with E-state index in [2.05, 4.69) is 4.90 Å². The van der Waals surface area contributed by atoms with Gasteiger partial charge in [0.2, 0.25) is 6.79 Å². The summed E-state index contributed by atoms with van der Waals surface area (Å²) in [5.74, 6) is 2.65. The van der Waals surface area contributed by atoms with Gasteiger partial charge in [-0.25, -0.2) is 9.59 Å². The molecule has 0 N–H and O–H groups in total. The maximum atomic E-state index is 12.6. The van der Waals surface area contributed by atoms with Gasteiger partial charge in [-0.1, -0.05) is 0 Å². The number of rotatable bonds is 7. The lowest BCUT2D eigenvalue weighted by Crippen LogP contribution is -2.24. The van der Waals surface area contributed by atoms with E-state index in [1.807, 2.05) is 38.0 Å².